The van der Waals surface area contributed by atoms with Gasteiger partial charge in [0.15, 0.2) is 5.16 Å². The molecule has 1 aromatic carbocycles. The number of benzene rings is 1. The average Bonchev–Trinajstić information content (AvgIpc) is 2.52. The topological polar surface area (TPSA) is 64.1 Å². The van der Waals surface area contributed by atoms with E-state index in [4.69, 9.17) is 0 Å². The van der Waals surface area contributed by atoms with Crippen molar-refractivity contribution in [3.05, 3.63) is 41.7 Å². The number of alkyl halides is 3. The standard InChI is InChI=1S/C17H18F3N3O2S/c1-4-14(26-16-21-10(2)9-11(3)22-16)15(24)23-12-5-7-13(8-6-12)25-17(18,19)20/h5-9,14H,4H2,1-3H3,(H,23,24). The van der Waals surface area contributed by atoms with Crippen molar-refractivity contribution < 1.29 is 22.7 Å². The van der Waals surface area contributed by atoms with Gasteiger partial charge in [-0.2, -0.15) is 0 Å². The number of hydrogen-bond acceptors (Lipinski definition) is 5. The molecule has 0 aliphatic heterocycles. The minimum absolute atomic E-state index is 0.273. The third-order valence-corrected chi connectivity index (χ3v) is 4.45. The molecule has 0 saturated heterocycles. The van der Waals surface area contributed by atoms with Crippen LogP contribution in [0.1, 0.15) is 24.7 Å². The molecule has 0 aliphatic carbocycles. The second-order valence-corrected chi connectivity index (χ2v) is 6.68. The van der Waals surface area contributed by atoms with Crippen LogP contribution in [0.5, 0.6) is 5.75 Å². The van der Waals surface area contributed by atoms with Crippen LogP contribution in [0, 0.1) is 13.8 Å². The van der Waals surface area contributed by atoms with Crippen LogP contribution in [0.4, 0.5) is 18.9 Å². The molecule has 5 nitrogen and oxygen atoms in total. The number of halogens is 3. The zero-order valence-corrected chi connectivity index (χ0v) is 15.2. The highest BCUT2D eigenvalue weighted by molar-refractivity contribution is 8.00. The molecule has 1 aromatic heterocycles. The van der Waals surface area contributed by atoms with Gasteiger partial charge in [0.25, 0.3) is 0 Å². The number of nitrogens with zero attached hydrogens (tertiary/aromatic N) is 2. The molecular formula is C17H18F3N3O2S. The Hall–Kier alpha value is -2.29. The molecule has 0 saturated carbocycles. The molecule has 1 atom stereocenters. The summed E-state index contributed by atoms with van der Waals surface area (Å²) >= 11 is 1.25. The van der Waals surface area contributed by atoms with Crippen molar-refractivity contribution in [2.24, 2.45) is 0 Å². The van der Waals surface area contributed by atoms with Crippen LogP contribution in [0.15, 0.2) is 35.5 Å². The number of aromatic nitrogens is 2. The largest absolute Gasteiger partial charge is 0.573 e. The van der Waals surface area contributed by atoms with Crippen LogP contribution < -0.4 is 10.1 Å². The van der Waals surface area contributed by atoms with Crippen LogP contribution in [0.3, 0.4) is 0 Å². The van der Waals surface area contributed by atoms with Gasteiger partial charge in [-0.15, -0.1) is 13.2 Å². The van der Waals surface area contributed by atoms with E-state index < -0.39 is 11.6 Å². The minimum atomic E-state index is -4.75. The fraction of sp³-hybridized carbons (Fsp3) is 0.353. The van der Waals surface area contributed by atoms with Gasteiger partial charge >= 0.3 is 6.36 Å². The molecule has 1 amide bonds. The summed E-state index contributed by atoms with van der Waals surface area (Å²) < 4.78 is 40.3. The van der Waals surface area contributed by atoms with Crippen molar-refractivity contribution in [2.45, 2.75) is 44.0 Å². The predicted molar refractivity (Wildman–Crippen MR) is 93.2 cm³/mol. The molecule has 2 aromatic rings. The Morgan fingerprint density at radius 2 is 1.77 bits per heavy atom. The number of aryl methyl sites for hydroxylation is 2. The molecule has 2 rings (SSSR count). The Kier molecular flexibility index (Phi) is 6.47. The first-order valence-corrected chi connectivity index (χ1v) is 8.70. The van der Waals surface area contributed by atoms with Gasteiger partial charge in [-0.3, -0.25) is 4.79 Å². The quantitative estimate of drug-likeness (QED) is 0.586. The predicted octanol–water partition coefficient (Wildman–Crippen LogP) is 4.50. The van der Waals surface area contributed by atoms with Crippen molar-refractivity contribution in [2.75, 3.05) is 5.32 Å². The summed E-state index contributed by atoms with van der Waals surface area (Å²) in [5.41, 5.74) is 2.01. The maximum Gasteiger partial charge on any atom is 0.573 e. The second-order valence-electron chi connectivity index (χ2n) is 5.51. The first-order chi connectivity index (χ1) is 12.2. The molecule has 1 unspecified atom stereocenters. The Morgan fingerprint density at radius 3 is 2.27 bits per heavy atom. The lowest BCUT2D eigenvalue weighted by atomic mass is 10.2. The van der Waals surface area contributed by atoms with Crippen LogP contribution in [-0.4, -0.2) is 27.5 Å². The number of rotatable bonds is 6. The van der Waals surface area contributed by atoms with E-state index >= 15 is 0 Å². The van der Waals surface area contributed by atoms with Crippen molar-refractivity contribution in [1.82, 2.24) is 9.97 Å². The molecule has 0 radical (unpaired) electrons. The van der Waals surface area contributed by atoms with Gasteiger partial charge < -0.3 is 10.1 Å². The van der Waals surface area contributed by atoms with Crippen molar-refractivity contribution in [3.63, 3.8) is 0 Å². The molecule has 1 N–H and O–H groups in total. The van der Waals surface area contributed by atoms with Crippen LogP contribution >= 0.6 is 11.8 Å². The van der Waals surface area contributed by atoms with Gasteiger partial charge in [0, 0.05) is 17.1 Å². The molecule has 0 bridgehead atoms. The Morgan fingerprint density at radius 1 is 1.19 bits per heavy atom. The van der Waals surface area contributed by atoms with Crippen LogP contribution in [0.25, 0.3) is 0 Å². The Labute approximate surface area is 153 Å². The summed E-state index contributed by atoms with van der Waals surface area (Å²) in [7, 11) is 0. The summed E-state index contributed by atoms with van der Waals surface area (Å²) in [6.07, 6.45) is -4.21. The normalized spacial score (nSPS) is 12.5. The van der Waals surface area contributed by atoms with Gasteiger partial charge in [-0.25, -0.2) is 9.97 Å². The van der Waals surface area contributed by atoms with E-state index in [9.17, 15) is 18.0 Å². The SMILES string of the molecule is CCC(Sc1nc(C)cc(C)n1)C(=O)Nc1ccc(OC(F)(F)F)cc1. The molecular weight excluding hydrogens is 367 g/mol. The summed E-state index contributed by atoms with van der Waals surface area (Å²) in [5.74, 6) is -0.620. The number of hydrogen-bond donors (Lipinski definition) is 1. The van der Waals surface area contributed by atoms with Crippen molar-refractivity contribution >= 4 is 23.4 Å². The second kappa shape index (κ2) is 8.39. The highest BCUT2D eigenvalue weighted by atomic mass is 32.2. The zero-order valence-electron chi connectivity index (χ0n) is 14.4. The number of ether oxygens (including phenoxy) is 1. The summed E-state index contributed by atoms with van der Waals surface area (Å²) in [6, 6.07) is 6.83. The molecule has 1 heterocycles. The maximum absolute atomic E-state index is 12.4. The average molecular weight is 385 g/mol. The molecule has 26 heavy (non-hydrogen) atoms. The number of carbonyl (C=O) groups is 1. The van der Waals surface area contributed by atoms with Gasteiger partial charge in [0.1, 0.15) is 5.75 Å². The van der Waals surface area contributed by atoms with Gasteiger partial charge in [0.05, 0.1) is 5.25 Å². The number of nitrogens with one attached hydrogen (secondary N) is 1. The maximum atomic E-state index is 12.4. The van der Waals surface area contributed by atoms with E-state index in [2.05, 4.69) is 20.0 Å². The van der Waals surface area contributed by atoms with Gasteiger partial charge in [-0.1, -0.05) is 18.7 Å². The van der Waals surface area contributed by atoms with Crippen LogP contribution in [-0.2, 0) is 4.79 Å². The fourth-order valence-electron chi connectivity index (χ4n) is 2.16. The van der Waals surface area contributed by atoms with Crippen molar-refractivity contribution in [3.8, 4) is 5.75 Å². The molecule has 140 valence electrons. The lowest BCUT2D eigenvalue weighted by Gasteiger charge is -2.15. The molecule has 9 heteroatoms. The van der Waals surface area contributed by atoms with Gasteiger partial charge in [-0.05, 0) is 50.6 Å². The highest BCUT2D eigenvalue weighted by Gasteiger charge is 2.31. The monoisotopic (exact) mass is 385 g/mol. The summed E-state index contributed by atoms with van der Waals surface area (Å²) in [6.45, 7) is 5.56. The molecule has 0 aliphatic rings. The minimum Gasteiger partial charge on any atom is -0.406 e. The smallest absolute Gasteiger partial charge is 0.406 e. The molecule has 0 fully saturated rings. The first kappa shape index (κ1) is 20.0. The highest BCUT2D eigenvalue weighted by Crippen LogP contribution is 2.26. The van der Waals surface area contributed by atoms with Gasteiger partial charge in [0.2, 0.25) is 5.91 Å². The Bertz CT molecular complexity index is 747. The number of anilines is 1. The molecule has 0 spiro atoms. The van der Waals surface area contributed by atoms with E-state index in [1.54, 1.807) is 0 Å². The summed E-state index contributed by atoms with van der Waals surface area (Å²) in [4.78, 5) is 21.0. The van der Waals surface area contributed by atoms with E-state index in [0.717, 1.165) is 23.5 Å². The lowest BCUT2D eigenvalue weighted by molar-refractivity contribution is -0.274. The fourth-order valence-corrected chi connectivity index (χ4v) is 3.14. The number of carbonyl (C=O) groups excluding carboxylic acids is 1. The number of thioether (sulfide) groups is 1. The third-order valence-electron chi connectivity index (χ3n) is 3.23. The van der Waals surface area contributed by atoms with E-state index in [1.165, 1.54) is 23.9 Å². The third kappa shape index (κ3) is 6.21. The number of amides is 1. The zero-order chi connectivity index (χ0) is 19.3. The summed E-state index contributed by atoms with van der Waals surface area (Å²) in [5, 5.41) is 2.76. The first-order valence-electron chi connectivity index (χ1n) is 7.82. The lowest BCUT2D eigenvalue weighted by Crippen LogP contribution is -2.25. The van der Waals surface area contributed by atoms with E-state index in [-0.39, 0.29) is 11.7 Å². The van der Waals surface area contributed by atoms with Crippen molar-refractivity contribution in [1.29, 1.82) is 0 Å². The van der Waals surface area contributed by atoms with Crippen LogP contribution in [0.2, 0.25) is 0 Å². The van der Waals surface area contributed by atoms with E-state index in [0.29, 0.717) is 17.3 Å². The Balaban J connectivity index is 2.02. The van der Waals surface area contributed by atoms with E-state index in [1.807, 2.05) is 26.8 Å².